The molecule has 0 aliphatic carbocycles. The molecule has 2 aromatic rings. The van der Waals surface area contributed by atoms with Crippen LogP contribution in [0.1, 0.15) is 21.1 Å². The number of nitrogens with zero attached hydrogens (tertiary/aromatic N) is 3. The van der Waals surface area contributed by atoms with Gasteiger partial charge in [0.15, 0.2) is 5.69 Å². The number of hydrogen-bond donors (Lipinski definition) is 0. The zero-order valence-corrected chi connectivity index (χ0v) is 12.8. The van der Waals surface area contributed by atoms with Crippen molar-refractivity contribution in [1.82, 2.24) is 15.0 Å². The van der Waals surface area contributed by atoms with Crippen LogP contribution in [0, 0.1) is 0 Å². The molecule has 0 saturated heterocycles. The highest BCUT2D eigenvalue weighted by Crippen LogP contribution is 2.21. The Morgan fingerprint density at radius 1 is 1.53 bits per heavy atom. The van der Waals surface area contributed by atoms with Gasteiger partial charge in [-0.3, -0.25) is 0 Å². The highest BCUT2D eigenvalue weighted by atomic mass is 79.9. The van der Waals surface area contributed by atoms with Crippen LogP contribution in [-0.2, 0) is 22.6 Å². The van der Waals surface area contributed by atoms with E-state index in [1.807, 2.05) is 11.4 Å². The van der Waals surface area contributed by atoms with Crippen molar-refractivity contribution in [3.05, 3.63) is 32.2 Å². The van der Waals surface area contributed by atoms with Crippen LogP contribution in [0.4, 0.5) is 0 Å². The number of thiophene rings is 1. The van der Waals surface area contributed by atoms with Crippen LogP contribution in [0.25, 0.3) is 0 Å². The lowest BCUT2D eigenvalue weighted by molar-refractivity contribution is 0.0588. The molecule has 0 amide bonds. The molecule has 102 valence electrons. The average molecular weight is 346 g/mol. The first-order valence-electron chi connectivity index (χ1n) is 5.38. The van der Waals surface area contributed by atoms with E-state index in [0.717, 1.165) is 9.35 Å². The third-order valence-electron chi connectivity index (χ3n) is 2.42. The molecule has 2 aromatic heterocycles. The van der Waals surface area contributed by atoms with Gasteiger partial charge in [0, 0.05) is 21.8 Å². The van der Waals surface area contributed by atoms with Crippen molar-refractivity contribution < 1.29 is 14.3 Å². The highest BCUT2D eigenvalue weighted by Gasteiger charge is 2.20. The Morgan fingerprint density at radius 2 is 2.32 bits per heavy atom. The Hall–Kier alpha value is -1.25. The van der Waals surface area contributed by atoms with Crippen molar-refractivity contribution in [2.24, 2.45) is 0 Å². The normalized spacial score (nSPS) is 10.7. The molecule has 0 spiro atoms. The molecular weight excluding hydrogens is 334 g/mol. The Bertz CT molecular complexity index is 582. The molecule has 0 unspecified atom stereocenters. The summed E-state index contributed by atoms with van der Waals surface area (Å²) in [6.45, 7) is 0.795. The molecule has 6 nitrogen and oxygen atoms in total. The predicted molar refractivity (Wildman–Crippen MR) is 73.2 cm³/mol. The van der Waals surface area contributed by atoms with Crippen LogP contribution in [0.5, 0.6) is 0 Å². The Kier molecular flexibility index (Phi) is 4.67. The molecule has 0 radical (unpaired) electrons. The van der Waals surface area contributed by atoms with Crippen molar-refractivity contribution in [1.29, 1.82) is 0 Å². The van der Waals surface area contributed by atoms with Crippen molar-refractivity contribution in [2.45, 2.75) is 13.2 Å². The number of esters is 1. The van der Waals surface area contributed by atoms with Crippen molar-refractivity contribution in [3.63, 3.8) is 0 Å². The molecule has 2 rings (SSSR count). The largest absolute Gasteiger partial charge is 0.464 e. The molecule has 0 N–H and O–H groups in total. The Balaban J connectivity index is 2.29. The molecule has 2 heterocycles. The van der Waals surface area contributed by atoms with Crippen LogP contribution < -0.4 is 0 Å². The second-order valence-electron chi connectivity index (χ2n) is 3.70. The molecule has 0 fully saturated rings. The van der Waals surface area contributed by atoms with E-state index < -0.39 is 5.97 Å². The highest BCUT2D eigenvalue weighted by molar-refractivity contribution is 9.10. The summed E-state index contributed by atoms with van der Waals surface area (Å²) in [7, 11) is 2.87. The van der Waals surface area contributed by atoms with Gasteiger partial charge in [0.2, 0.25) is 0 Å². The van der Waals surface area contributed by atoms with Crippen LogP contribution in [-0.4, -0.2) is 35.2 Å². The molecule has 8 heteroatoms. The van der Waals surface area contributed by atoms with Gasteiger partial charge < -0.3 is 9.47 Å². The first-order valence-corrected chi connectivity index (χ1v) is 7.05. The number of carbonyl (C=O) groups excluding carboxylic acids is 1. The SMILES string of the molecule is COCc1c(C(=O)OC)nnn1Cc1cc(Br)cs1. The second kappa shape index (κ2) is 6.27. The van der Waals surface area contributed by atoms with Gasteiger partial charge in [0.25, 0.3) is 0 Å². The molecule has 0 atom stereocenters. The van der Waals surface area contributed by atoms with Gasteiger partial charge in [-0.1, -0.05) is 5.21 Å². The quantitative estimate of drug-likeness (QED) is 0.776. The van der Waals surface area contributed by atoms with E-state index in [2.05, 4.69) is 31.0 Å². The van der Waals surface area contributed by atoms with E-state index in [0.29, 0.717) is 12.2 Å². The average Bonchev–Trinajstić information content (AvgIpc) is 2.97. The fourth-order valence-corrected chi connectivity index (χ4v) is 3.01. The third kappa shape index (κ3) is 3.20. The minimum absolute atomic E-state index is 0.194. The zero-order valence-electron chi connectivity index (χ0n) is 10.4. The summed E-state index contributed by atoms with van der Waals surface area (Å²) >= 11 is 5.00. The summed E-state index contributed by atoms with van der Waals surface area (Å²) in [5.74, 6) is -0.509. The van der Waals surface area contributed by atoms with Crippen LogP contribution >= 0.6 is 27.3 Å². The van der Waals surface area contributed by atoms with Crippen molar-refractivity contribution in [2.75, 3.05) is 14.2 Å². The lowest BCUT2D eigenvalue weighted by Gasteiger charge is -2.05. The van der Waals surface area contributed by atoms with E-state index in [-0.39, 0.29) is 12.3 Å². The van der Waals surface area contributed by atoms with E-state index in [4.69, 9.17) is 4.74 Å². The number of carbonyl (C=O) groups is 1. The maximum absolute atomic E-state index is 11.6. The minimum atomic E-state index is -0.509. The summed E-state index contributed by atoms with van der Waals surface area (Å²) < 4.78 is 12.4. The maximum atomic E-state index is 11.6. The first-order chi connectivity index (χ1) is 9.15. The monoisotopic (exact) mass is 345 g/mol. The number of halogens is 1. The summed E-state index contributed by atoms with van der Waals surface area (Å²) in [6, 6.07) is 2.00. The van der Waals surface area contributed by atoms with Gasteiger partial charge in [-0.25, -0.2) is 9.48 Å². The second-order valence-corrected chi connectivity index (χ2v) is 5.61. The lowest BCUT2D eigenvalue weighted by Crippen LogP contribution is -2.11. The van der Waals surface area contributed by atoms with Crippen molar-refractivity contribution >= 4 is 33.2 Å². The zero-order chi connectivity index (χ0) is 13.8. The van der Waals surface area contributed by atoms with Crippen LogP contribution in [0.3, 0.4) is 0 Å². The summed E-state index contributed by atoms with van der Waals surface area (Å²) in [4.78, 5) is 12.7. The number of rotatable bonds is 5. The fraction of sp³-hybridized carbons (Fsp3) is 0.364. The topological polar surface area (TPSA) is 66.2 Å². The van der Waals surface area contributed by atoms with Gasteiger partial charge >= 0.3 is 5.97 Å². The molecule has 0 aromatic carbocycles. The summed E-state index contributed by atoms with van der Waals surface area (Å²) in [5.41, 5.74) is 0.804. The number of methoxy groups -OCH3 is 2. The number of aromatic nitrogens is 3. The lowest BCUT2D eigenvalue weighted by atomic mass is 10.3. The Labute approximate surface area is 122 Å². The van der Waals surface area contributed by atoms with Gasteiger partial charge in [0.1, 0.15) is 0 Å². The predicted octanol–water partition coefficient (Wildman–Crippen LogP) is 2.08. The van der Waals surface area contributed by atoms with E-state index in [1.165, 1.54) is 7.11 Å². The van der Waals surface area contributed by atoms with Crippen molar-refractivity contribution in [3.8, 4) is 0 Å². The molecule has 0 aliphatic rings. The molecule has 0 saturated carbocycles. The standard InChI is InChI=1S/C11H12BrN3O3S/c1-17-5-9-10(11(16)18-2)13-14-15(9)4-8-3-7(12)6-19-8/h3,6H,4-5H2,1-2H3. The van der Waals surface area contributed by atoms with E-state index in [9.17, 15) is 4.79 Å². The smallest absolute Gasteiger partial charge is 0.360 e. The molecular formula is C11H12BrN3O3S. The molecule has 0 aliphatic heterocycles. The van der Waals surface area contributed by atoms with Gasteiger partial charge in [-0.15, -0.1) is 16.4 Å². The van der Waals surface area contributed by atoms with E-state index in [1.54, 1.807) is 23.1 Å². The third-order valence-corrected chi connectivity index (χ3v) is 4.11. The minimum Gasteiger partial charge on any atom is -0.464 e. The van der Waals surface area contributed by atoms with Crippen LogP contribution in [0.2, 0.25) is 0 Å². The molecule has 19 heavy (non-hydrogen) atoms. The number of hydrogen-bond acceptors (Lipinski definition) is 6. The fourth-order valence-electron chi connectivity index (χ4n) is 1.58. The maximum Gasteiger partial charge on any atom is 0.360 e. The van der Waals surface area contributed by atoms with E-state index >= 15 is 0 Å². The molecule has 0 bridgehead atoms. The van der Waals surface area contributed by atoms with Gasteiger partial charge in [-0.2, -0.15) is 0 Å². The summed E-state index contributed by atoms with van der Waals surface area (Å²) in [6.07, 6.45) is 0. The number of ether oxygens (including phenoxy) is 2. The van der Waals surface area contributed by atoms with Crippen LogP contribution in [0.15, 0.2) is 15.9 Å². The summed E-state index contributed by atoms with van der Waals surface area (Å²) in [5, 5.41) is 9.83. The van der Waals surface area contributed by atoms with Gasteiger partial charge in [-0.05, 0) is 22.0 Å². The Morgan fingerprint density at radius 3 is 2.89 bits per heavy atom. The van der Waals surface area contributed by atoms with Gasteiger partial charge in [0.05, 0.1) is 26.0 Å². The first kappa shape index (κ1) is 14.2.